The van der Waals surface area contributed by atoms with Crippen molar-refractivity contribution >= 4 is 14.4 Å². The topological polar surface area (TPSA) is 85.3 Å². The maximum Gasteiger partial charge on any atom is 0.337 e. The van der Waals surface area contributed by atoms with Crippen LogP contribution in [0.15, 0.2) is 0 Å². The van der Waals surface area contributed by atoms with Crippen LogP contribution < -0.4 is 0 Å². The van der Waals surface area contributed by atoms with E-state index in [2.05, 4.69) is 0 Å². The summed E-state index contributed by atoms with van der Waals surface area (Å²) in [5, 5.41) is 11.0. The van der Waals surface area contributed by atoms with Gasteiger partial charge in [-0.2, -0.15) is 5.06 Å². The van der Waals surface area contributed by atoms with Crippen LogP contribution in [0.1, 0.15) is 62.3 Å². The lowest BCUT2D eigenvalue weighted by molar-refractivity contribution is -0.304. The summed E-state index contributed by atoms with van der Waals surface area (Å²) >= 11 is 0. The largest absolute Gasteiger partial charge is 0.479 e. The Balaban J connectivity index is 5.78. The fraction of sp³-hybridized carbons (Fsp3) is 0.941. The van der Waals surface area contributed by atoms with E-state index in [1.54, 1.807) is 18.9 Å². The quantitative estimate of drug-likeness (QED) is 0.331. The Morgan fingerprint density at radius 3 is 1.72 bits per heavy atom. The molecule has 0 heterocycles. The summed E-state index contributed by atoms with van der Waals surface area (Å²) in [5.74, 6) is -1.07. The number of aliphatic carboxylic acids is 1. The highest BCUT2D eigenvalue weighted by atomic mass is 31.1. The number of carbonyl (C=O) groups is 1. The Kier molecular flexibility index (Phi) is 8.66. The molecule has 0 aromatic rings. The summed E-state index contributed by atoms with van der Waals surface area (Å²) in [6.45, 7) is 17.0. The van der Waals surface area contributed by atoms with Crippen LogP contribution in [0.5, 0.6) is 0 Å². The molecule has 7 nitrogen and oxygen atoms in total. The van der Waals surface area contributed by atoms with Gasteiger partial charge in [0.2, 0.25) is 8.46 Å². The summed E-state index contributed by atoms with van der Waals surface area (Å²) in [4.78, 5) is 17.3. The van der Waals surface area contributed by atoms with E-state index in [0.29, 0.717) is 13.2 Å². The normalized spacial score (nSPS) is 14.3. The molecule has 0 spiro atoms. The number of carboxylic acids is 1. The van der Waals surface area contributed by atoms with Crippen molar-refractivity contribution in [1.29, 1.82) is 0 Å². The predicted octanol–water partition coefficient (Wildman–Crippen LogP) is 3.93. The Hall–Kier alpha value is -0.590. The summed E-state index contributed by atoms with van der Waals surface area (Å²) in [5.41, 5.74) is -4.01. The first-order chi connectivity index (χ1) is 11.2. The van der Waals surface area contributed by atoms with Gasteiger partial charge in [0.05, 0.1) is 0 Å². The van der Waals surface area contributed by atoms with Gasteiger partial charge in [0, 0.05) is 30.7 Å². The molecule has 0 bridgehead atoms. The van der Waals surface area contributed by atoms with Crippen molar-refractivity contribution in [2.45, 2.75) is 79.0 Å². The molecule has 0 saturated carbocycles. The molecule has 0 aromatic heterocycles. The molecule has 25 heavy (non-hydrogen) atoms. The number of carboxylic acid groups (broad SMARTS) is 1. The first kappa shape index (κ1) is 24.4. The van der Waals surface area contributed by atoms with Gasteiger partial charge in [-0.25, -0.2) is 4.79 Å². The summed E-state index contributed by atoms with van der Waals surface area (Å²) in [6, 6.07) is 0. The maximum atomic E-state index is 12.0. The lowest BCUT2D eigenvalue weighted by Gasteiger charge is -2.47. The van der Waals surface area contributed by atoms with Crippen LogP contribution in [0.4, 0.5) is 0 Å². The minimum absolute atomic E-state index is 0.252. The van der Waals surface area contributed by atoms with Crippen molar-refractivity contribution < 1.29 is 28.8 Å². The second-order valence-corrected chi connectivity index (χ2v) is 8.81. The first-order valence-corrected chi connectivity index (χ1v) is 9.33. The van der Waals surface area contributed by atoms with Crippen molar-refractivity contribution in [2.75, 3.05) is 19.8 Å². The van der Waals surface area contributed by atoms with Crippen LogP contribution in [-0.4, -0.2) is 52.6 Å². The monoisotopic (exact) mass is 379 g/mol. The van der Waals surface area contributed by atoms with Crippen LogP contribution in [0, 0.1) is 5.41 Å². The standard InChI is InChI=1S/C17H34NO6P/c1-10-22-17(25-21,23-11-2)15(6,7)12-18(14(3,4)5)24-16(8,9)13(19)20/h10-12H2,1-9H3,(H,19,20). The molecule has 148 valence electrons. The zero-order valence-electron chi connectivity index (χ0n) is 17.0. The summed E-state index contributed by atoms with van der Waals surface area (Å²) < 4.78 is 23.4. The lowest BCUT2D eigenvalue weighted by atomic mass is 9.90. The number of hydrogen-bond acceptors (Lipinski definition) is 6. The highest BCUT2D eigenvalue weighted by Crippen LogP contribution is 2.45. The summed E-state index contributed by atoms with van der Waals surface area (Å²) in [6.07, 6.45) is 0. The Morgan fingerprint density at radius 2 is 1.44 bits per heavy atom. The van der Waals surface area contributed by atoms with Gasteiger partial charge in [0.25, 0.3) is 5.53 Å². The molecule has 0 saturated heterocycles. The minimum Gasteiger partial charge on any atom is -0.479 e. The smallest absolute Gasteiger partial charge is 0.337 e. The maximum absolute atomic E-state index is 12.0. The molecular formula is C17H34NO6P. The number of ether oxygens (including phenoxy) is 2. The molecule has 0 rings (SSSR count). The molecule has 0 atom stereocenters. The molecule has 0 aromatic carbocycles. The van der Waals surface area contributed by atoms with E-state index in [-0.39, 0.29) is 15.0 Å². The zero-order chi connectivity index (χ0) is 20.1. The second-order valence-electron chi connectivity index (χ2n) is 8.04. The third kappa shape index (κ3) is 6.26. The molecule has 8 heteroatoms. The van der Waals surface area contributed by atoms with Gasteiger partial charge in [0.15, 0.2) is 5.60 Å². The van der Waals surface area contributed by atoms with Gasteiger partial charge in [0.1, 0.15) is 0 Å². The van der Waals surface area contributed by atoms with Crippen molar-refractivity contribution in [3.8, 4) is 0 Å². The minimum atomic E-state index is -1.40. The molecule has 0 aliphatic carbocycles. The third-order valence-corrected chi connectivity index (χ3v) is 4.90. The molecule has 0 unspecified atom stereocenters. The summed E-state index contributed by atoms with van der Waals surface area (Å²) in [7, 11) is -0.293. The molecule has 0 aliphatic heterocycles. The molecule has 0 radical (unpaired) electrons. The number of nitrogens with zero attached hydrogens (tertiary/aromatic N) is 1. The molecule has 1 N–H and O–H groups in total. The Bertz CT molecular complexity index is 453. The zero-order valence-corrected chi connectivity index (χ0v) is 17.9. The highest BCUT2D eigenvalue weighted by Gasteiger charge is 2.51. The Labute approximate surface area is 153 Å². The first-order valence-electron chi connectivity index (χ1n) is 8.51. The van der Waals surface area contributed by atoms with Crippen molar-refractivity contribution in [2.24, 2.45) is 5.41 Å². The van der Waals surface area contributed by atoms with Gasteiger partial charge in [-0.1, -0.05) is 13.8 Å². The Morgan fingerprint density at radius 1 is 1.00 bits per heavy atom. The van der Waals surface area contributed by atoms with Crippen LogP contribution in [0.2, 0.25) is 0 Å². The SMILES string of the molecule is CCOC(OCC)(P=O)C(C)(C)CN(OC(C)(C)C(=O)O)C(C)(C)C. The van der Waals surface area contributed by atoms with Gasteiger partial charge in [-0.3, -0.25) is 9.40 Å². The van der Waals surface area contributed by atoms with E-state index in [1.165, 1.54) is 13.8 Å². The molecule has 0 amide bonds. The van der Waals surface area contributed by atoms with Crippen molar-refractivity contribution in [3.63, 3.8) is 0 Å². The van der Waals surface area contributed by atoms with Crippen LogP contribution >= 0.6 is 8.46 Å². The predicted molar refractivity (Wildman–Crippen MR) is 96.6 cm³/mol. The van der Waals surface area contributed by atoms with E-state index < -0.39 is 28.1 Å². The number of hydroxylamine groups is 2. The highest BCUT2D eigenvalue weighted by molar-refractivity contribution is 7.25. The van der Waals surface area contributed by atoms with Gasteiger partial charge >= 0.3 is 5.97 Å². The van der Waals surface area contributed by atoms with Crippen LogP contribution in [0.25, 0.3) is 0 Å². The average molecular weight is 379 g/mol. The third-order valence-electron chi connectivity index (χ3n) is 3.80. The van der Waals surface area contributed by atoms with Crippen LogP contribution in [0.3, 0.4) is 0 Å². The van der Waals surface area contributed by atoms with E-state index in [4.69, 9.17) is 14.3 Å². The number of rotatable bonds is 11. The fourth-order valence-corrected chi connectivity index (χ4v) is 2.86. The second kappa shape index (κ2) is 8.87. The average Bonchev–Trinajstić information content (AvgIpc) is 2.44. The van der Waals surface area contributed by atoms with Gasteiger partial charge in [-0.05, 0) is 48.5 Å². The van der Waals surface area contributed by atoms with E-state index in [0.717, 1.165) is 0 Å². The molecule has 0 aliphatic rings. The fourth-order valence-electron chi connectivity index (χ4n) is 2.18. The van der Waals surface area contributed by atoms with E-state index >= 15 is 0 Å². The molecule has 0 fully saturated rings. The van der Waals surface area contributed by atoms with Crippen molar-refractivity contribution in [1.82, 2.24) is 5.06 Å². The lowest BCUT2D eigenvalue weighted by Crippen LogP contribution is -2.57. The van der Waals surface area contributed by atoms with E-state index in [9.17, 15) is 14.5 Å². The van der Waals surface area contributed by atoms with E-state index in [1.807, 2.05) is 34.6 Å². The van der Waals surface area contributed by atoms with Gasteiger partial charge in [-0.15, -0.1) is 0 Å². The van der Waals surface area contributed by atoms with Crippen molar-refractivity contribution in [3.05, 3.63) is 0 Å². The van der Waals surface area contributed by atoms with Gasteiger partial charge < -0.3 is 14.6 Å². The number of hydrogen-bond donors (Lipinski definition) is 1. The van der Waals surface area contributed by atoms with Crippen LogP contribution in [-0.2, 0) is 23.7 Å². The molecular weight excluding hydrogens is 345 g/mol.